The highest BCUT2D eigenvalue weighted by molar-refractivity contribution is 7.90. The Kier molecular flexibility index (Phi) is 12.6. The van der Waals surface area contributed by atoms with Crippen molar-refractivity contribution in [1.29, 1.82) is 0 Å². The molecule has 0 saturated carbocycles. The number of rotatable bonds is 13. The van der Waals surface area contributed by atoms with Gasteiger partial charge < -0.3 is 24.9 Å². The maximum atomic E-state index is 13.9. The summed E-state index contributed by atoms with van der Waals surface area (Å²) in [7, 11) is -2.55. The van der Waals surface area contributed by atoms with Crippen LogP contribution in [0, 0.1) is 15.5 Å². The van der Waals surface area contributed by atoms with Crippen LogP contribution >= 0.6 is 11.6 Å². The standard InChI is InChI=1S/C46H53ClN8O6S/c1-46(2)17-14-33(40(31-46)32-4-6-35(47)7-5-32)16-19-52-22-24-53(25-23-52)36-8-11-39(44(29-36)61-37-9-12-41-34(28-37)15-18-48-41)45(56)50-62(59,60)38-10-13-42(43(30-38)55(57)58)49-54-26-20-51(3)21-27-54/h4-13,15,18,28-30,48-49H,14,16-17,19-27,31H2,1-3H3,(H,50,56). The lowest BCUT2D eigenvalue weighted by Gasteiger charge is -2.38. The highest BCUT2D eigenvalue weighted by Crippen LogP contribution is 2.44. The number of aromatic amines is 1. The summed E-state index contributed by atoms with van der Waals surface area (Å²) in [5, 5.41) is 15.6. The van der Waals surface area contributed by atoms with Gasteiger partial charge in [0.25, 0.3) is 21.6 Å². The second-order valence-electron chi connectivity index (χ2n) is 17.3. The normalized spacial score (nSPS) is 17.9. The fourth-order valence-electron chi connectivity index (χ4n) is 8.54. The lowest BCUT2D eigenvalue weighted by atomic mass is 9.72. The lowest BCUT2D eigenvalue weighted by Crippen LogP contribution is -2.47. The third kappa shape index (κ3) is 10.1. The van der Waals surface area contributed by atoms with E-state index in [4.69, 9.17) is 16.3 Å². The van der Waals surface area contributed by atoms with Crippen LogP contribution < -0.4 is 19.8 Å². The zero-order chi connectivity index (χ0) is 43.6. The molecule has 0 bridgehead atoms. The molecule has 0 radical (unpaired) electrons. The van der Waals surface area contributed by atoms with Crippen LogP contribution in [-0.2, 0) is 10.0 Å². The van der Waals surface area contributed by atoms with Gasteiger partial charge in [-0.1, -0.05) is 43.2 Å². The first-order valence-corrected chi connectivity index (χ1v) is 22.9. The summed E-state index contributed by atoms with van der Waals surface area (Å²) < 4.78 is 35.9. The molecule has 2 fully saturated rings. The zero-order valence-electron chi connectivity index (χ0n) is 35.3. The first-order chi connectivity index (χ1) is 29.7. The van der Waals surface area contributed by atoms with Gasteiger partial charge in [0.1, 0.15) is 17.2 Å². The van der Waals surface area contributed by atoms with Crippen molar-refractivity contribution in [3.05, 3.63) is 123 Å². The van der Waals surface area contributed by atoms with E-state index in [0.29, 0.717) is 18.8 Å². The van der Waals surface area contributed by atoms with E-state index >= 15 is 0 Å². The fourth-order valence-corrected chi connectivity index (χ4v) is 9.65. The number of fused-ring (bicyclic) bond motifs is 1. The van der Waals surface area contributed by atoms with Crippen LogP contribution in [0.2, 0.25) is 5.02 Å². The SMILES string of the molecule is CN1CCN(Nc2ccc(S(=O)(=O)NC(=O)c3ccc(N4CCN(CCC5=C(c6ccc(Cl)cc6)CC(C)(C)CC5)CC4)cc3Oc3ccc4[nH]ccc4c3)cc2[N+](=O)[O-])CC1. The van der Waals surface area contributed by atoms with Gasteiger partial charge in [0.05, 0.1) is 15.4 Å². The third-order valence-corrected chi connectivity index (χ3v) is 13.9. The number of hydrogen-bond donors (Lipinski definition) is 3. The van der Waals surface area contributed by atoms with Crippen LogP contribution in [0.1, 0.15) is 55.5 Å². The van der Waals surface area contributed by atoms with Gasteiger partial charge in [-0.25, -0.2) is 18.1 Å². The van der Waals surface area contributed by atoms with Gasteiger partial charge in [-0.3, -0.25) is 19.8 Å². The van der Waals surface area contributed by atoms with Gasteiger partial charge in [-0.15, -0.1) is 0 Å². The molecule has 2 saturated heterocycles. The van der Waals surface area contributed by atoms with Crippen molar-refractivity contribution in [3.63, 3.8) is 0 Å². The number of aromatic nitrogens is 1. The molecular weight excluding hydrogens is 828 g/mol. The number of allylic oxidation sites excluding steroid dienone is 1. The van der Waals surface area contributed by atoms with Crippen molar-refractivity contribution in [1.82, 2.24) is 24.5 Å². The van der Waals surface area contributed by atoms with Crippen LogP contribution in [0.3, 0.4) is 0 Å². The first kappa shape index (κ1) is 43.2. The smallest absolute Gasteiger partial charge is 0.295 e. The summed E-state index contributed by atoms with van der Waals surface area (Å²) in [6.45, 7) is 11.7. The van der Waals surface area contributed by atoms with E-state index in [1.165, 1.54) is 35.3 Å². The highest BCUT2D eigenvalue weighted by Gasteiger charge is 2.30. The number of amides is 1. The summed E-state index contributed by atoms with van der Waals surface area (Å²) in [6.07, 6.45) is 6.14. The molecule has 14 nitrogen and oxygen atoms in total. The minimum atomic E-state index is -4.55. The molecule has 4 aromatic carbocycles. The minimum Gasteiger partial charge on any atom is -0.456 e. The largest absolute Gasteiger partial charge is 0.456 e. The van der Waals surface area contributed by atoms with Crippen molar-refractivity contribution in [2.24, 2.45) is 5.41 Å². The van der Waals surface area contributed by atoms with Crippen LogP contribution in [0.4, 0.5) is 17.1 Å². The number of nitrogens with one attached hydrogen (secondary N) is 3. The molecule has 0 unspecified atom stereocenters. The monoisotopic (exact) mass is 880 g/mol. The zero-order valence-corrected chi connectivity index (χ0v) is 36.9. The van der Waals surface area contributed by atoms with Crippen LogP contribution in [0.15, 0.2) is 102 Å². The van der Waals surface area contributed by atoms with Gasteiger partial charge in [-0.2, -0.15) is 0 Å². The average molecular weight is 881 g/mol. The molecule has 0 atom stereocenters. The summed E-state index contributed by atoms with van der Waals surface area (Å²) >= 11 is 6.23. The Hall–Kier alpha value is -5.45. The number of nitro benzene ring substituents is 1. The minimum absolute atomic E-state index is 0.00611. The van der Waals surface area contributed by atoms with E-state index in [9.17, 15) is 23.3 Å². The van der Waals surface area contributed by atoms with Gasteiger partial charge in [0, 0.05) is 98.8 Å². The number of nitro groups is 1. The van der Waals surface area contributed by atoms with E-state index < -0.39 is 31.4 Å². The number of halogens is 1. The molecule has 16 heteroatoms. The number of carbonyl (C=O) groups excluding carboxylic acids is 1. The van der Waals surface area contributed by atoms with Gasteiger partial charge in [0.15, 0.2) is 0 Å². The Morgan fingerprint density at radius 1 is 0.919 bits per heavy atom. The van der Waals surface area contributed by atoms with Crippen LogP contribution in [0.5, 0.6) is 11.5 Å². The first-order valence-electron chi connectivity index (χ1n) is 21.1. The molecule has 1 amide bonds. The predicted octanol–water partition coefficient (Wildman–Crippen LogP) is 8.39. The Morgan fingerprint density at radius 2 is 1.68 bits per heavy atom. The lowest BCUT2D eigenvalue weighted by molar-refractivity contribution is -0.384. The molecule has 5 aromatic rings. The van der Waals surface area contributed by atoms with E-state index in [1.54, 1.807) is 24.3 Å². The average Bonchev–Trinajstić information content (AvgIpc) is 3.72. The summed E-state index contributed by atoms with van der Waals surface area (Å²) in [4.78, 5) is 35.0. The number of hydrazine groups is 1. The summed E-state index contributed by atoms with van der Waals surface area (Å²) in [5.41, 5.74) is 9.02. The quantitative estimate of drug-likeness (QED) is 0.0771. The number of nitrogens with zero attached hydrogens (tertiary/aromatic N) is 5. The Balaban J connectivity index is 0.983. The fraction of sp³-hybridized carbons (Fsp3) is 0.370. The molecule has 1 aliphatic carbocycles. The van der Waals surface area contributed by atoms with Gasteiger partial charge >= 0.3 is 0 Å². The van der Waals surface area contributed by atoms with Crippen molar-refractivity contribution in [2.75, 3.05) is 76.3 Å². The Morgan fingerprint density at radius 3 is 2.42 bits per heavy atom. The second-order valence-corrected chi connectivity index (χ2v) is 19.4. The molecule has 3 heterocycles. The molecule has 62 heavy (non-hydrogen) atoms. The number of carbonyl (C=O) groups is 1. The summed E-state index contributed by atoms with van der Waals surface area (Å²) in [5.74, 6) is -0.291. The number of sulfonamides is 1. The Labute approximate surface area is 367 Å². The summed E-state index contributed by atoms with van der Waals surface area (Å²) in [6, 6.07) is 24.3. The van der Waals surface area contributed by atoms with Crippen molar-refractivity contribution in [3.8, 4) is 11.5 Å². The number of hydrogen-bond acceptors (Lipinski definition) is 11. The third-order valence-electron chi connectivity index (χ3n) is 12.3. The van der Waals surface area contributed by atoms with E-state index in [-0.39, 0.29) is 22.4 Å². The van der Waals surface area contributed by atoms with Crippen molar-refractivity contribution in [2.45, 2.75) is 44.4 Å². The maximum Gasteiger partial charge on any atom is 0.295 e. The van der Waals surface area contributed by atoms with Crippen molar-refractivity contribution >= 4 is 61.1 Å². The number of ether oxygens (including phenoxy) is 1. The van der Waals surface area contributed by atoms with Gasteiger partial charge in [-0.05, 0) is 110 Å². The molecule has 326 valence electrons. The maximum absolute atomic E-state index is 13.9. The van der Waals surface area contributed by atoms with E-state index in [1.807, 2.05) is 48.6 Å². The van der Waals surface area contributed by atoms with Gasteiger partial charge in [0.2, 0.25) is 0 Å². The highest BCUT2D eigenvalue weighted by atomic mass is 35.5. The van der Waals surface area contributed by atoms with Crippen LogP contribution in [0.25, 0.3) is 16.5 Å². The molecule has 2 aliphatic heterocycles. The molecular formula is C46H53ClN8O6S. The number of likely N-dealkylation sites (N-methyl/N-ethyl adjacent to an activating group) is 1. The number of piperazine rings is 2. The number of H-pyrrole nitrogens is 1. The topological polar surface area (TPSA) is 156 Å². The number of anilines is 2. The van der Waals surface area contributed by atoms with Crippen molar-refractivity contribution < 1.29 is 22.9 Å². The number of benzene rings is 4. The Bertz CT molecular complexity index is 2600. The van der Waals surface area contributed by atoms with E-state index in [0.717, 1.165) is 92.8 Å². The molecule has 3 aliphatic rings. The molecule has 8 rings (SSSR count). The molecule has 1 aromatic heterocycles. The van der Waals surface area contributed by atoms with E-state index in [2.05, 4.69) is 55.8 Å². The molecule has 0 spiro atoms. The predicted molar refractivity (Wildman–Crippen MR) is 245 cm³/mol. The second kappa shape index (κ2) is 18.1. The molecule has 3 N–H and O–H groups in total. The van der Waals surface area contributed by atoms with Crippen LogP contribution in [-0.4, -0.2) is 105 Å².